The summed E-state index contributed by atoms with van der Waals surface area (Å²) in [6.07, 6.45) is 7.49. The maximum Gasteiger partial charge on any atom is 0.453 e. The lowest BCUT2D eigenvalue weighted by Crippen LogP contribution is -2.51. The Hall–Kier alpha value is -1.83. The number of rotatable bonds is 9. The summed E-state index contributed by atoms with van der Waals surface area (Å²) >= 11 is 0. The summed E-state index contributed by atoms with van der Waals surface area (Å²) in [6, 6.07) is 7.26. The molecule has 7 nitrogen and oxygen atoms in total. The number of hydrogen-bond donors (Lipinski definition) is 2. The van der Waals surface area contributed by atoms with E-state index < -0.39 is 35.7 Å². The van der Waals surface area contributed by atoms with Crippen molar-refractivity contribution in [2.75, 3.05) is 45.2 Å². The molecule has 3 aliphatic carbocycles. The van der Waals surface area contributed by atoms with Gasteiger partial charge in [-0.15, -0.1) is 0 Å². The first-order valence-electron chi connectivity index (χ1n) is 21.8. The van der Waals surface area contributed by atoms with Crippen molar-refractivity contribution in [2.45, 2.75) is 168 Å². The van der Waals surface area contributed by atoms with Crippen molar-refractivity contribution >= 4 is 16.9 Å². The standard InChI is InChI=1S/C30H45N3O3.C6H9F5OS.C6H14.C2H6/c1-30-14-9-25-24-6-4-23(19-20(24)3-5-26(25)27(30)7-8-28(30)34)36-29(35)31-21-10-17-33(18-11-21)22-12-15-32(2)16-13-22;1-13(12)4-2-3-5(7,8)6(9,10)11;1-4-6(3)5-2;1-2/h4,6,19,21-22,25-28,34H,3,5,7-18H2,1-2H3,(H,31,35);2-4H2,1H3;6H,4-5H2,1-3H3;1-2H3/t25-,26?,27+,28?,30?;;;/m1.../s1. The number of carbonyl (C=O) groups excluding carboxylic acids is 1. The van der Waals surface area contributed by atoms with E-state index in [1.807, 2.05) is 19.9 Å². The molecule has 5 aliphatic rings. The topological polar surface area (TPSA) is 82.1 Å². The smallest absolute Gasteiger partial charge is 0.410 e. The van der Waals surface area contributed by atoms with Gasteiger partial charge in [-0.05, 0) is 143 Å². The summed E-state index contributed by atoms with van der Waals surface area (Å²) in [5.74, 6) is -1.26. The van der Waals surface area contributed by atoms with Gasteiger partial charge in [0.05, 0.1) is 6.10 Å². The van der Waals surface area contributed by atoms with E-state index in [0.29, 0.717) is 29.5 Å². The van der Waals surface area contributed by atoms with Crippen LogP contribution in [0.1, 0.15) is 142 Å². The Balaban J connectivity index is 0.000000345. The average molecular weight is 836 g/mol. The van der Waals surface area contributed by atoms with Gasteiger partial charge in [-0.25, -0.2) is 4.79 Å². The van der Waals surface area contributed by atoms with E-state index in [1.54, 1.807) is 0 Å². The van der Waals surface area contributed by atoms with Crippen LogP contribution in [0, 0.1) is 23.2 Å². The summed E-state index contributed by atoms with van der Waals surface area (Å²) in [5, 5.41) is 13.8. The van der Waals surface area contributed by atoms with Crippen LogP contribution in [0.3, 0.4) is 0 Å². The fourth-order valence-electron chi connectivity index (χ4n) is 9.59. The molecule has 2 aliphatic heterocycles. The van der Waals surface area contributed by atoms with Crippen LogP contribution < -0.4 is 10.1 Å². The molecule has 0 bridgehead atoms. The predicted molar refractivity (Wildman–Crippen MR) is 222 cm³/mol. The lowest BCUT2D eigenvalue weighted by Gasteiger charge is -2.50. The average Bonchev–Trinajstić information content (AvgIpc) is 3.49. The lowest BCUT2D eigenvalue weighted by atomic mass is 9.55. The molecule has 1 aromatic rings. The number of aliphatic hydroxyl groups excluding tert-OH is 1. The third-order valence-electron chi connectivity index (χ3n) is 13.6. The Labute approximate surface area is 343 Å². The molecule has 6 rings (SSSR count). The van der Waals surface area contributed by atoms with Gasteiger partial charge in [-0.3, -0.25) is 4.21 Å². The second-order valence-corrected chi connectivity index (χ2v) is 18.9. The highest BCUT2D eigenvalue weighted by atomic mass is 32.2. The molecule has 1 amide bonds. The van der Waals surface area contributed by atoms with Crippen molar-refractivity contribution < 1.29 is 40.8 Å². The first kappa shape index (κ1) is 49.5. The molecule has 2 saturated carbocycles. The molecule has 2 heterocycles. The summed E-state index contributed by atoms with van der Waals surface area (Å²) in [5.41, 5.74) is 2.93. The van der Waals surface area contributed by atoms with E-state index in [2.05, 4.69) is 62.0 Å². The molecular formula is C44H74F5N3O4S. The van der Waals surface area contributed by atoms with Gasteiger partial charge in [0.2, 0.25) is 0 Å². The molecule has 0 aromatic heterocycles. The van der Waals surface area contributed by atoms with Crippen molar-refractivity contribution in [1.29, 1.82) is 0 Å². The molecular weight excluding hydrogens is 762 g/mol. The quantitative estimate of drug-likeness (QED) is 0.241. The van der Waals surface area contributed by atoms with Gasteiger partial charge in [0, 0.05) is 54.4 Å². The normalized spacial score (nSPS) is 27.6. The van der Waals surface area contributed by atoms with E-state index >= 15 is 0 Å². The number of likely N-dealkylation sites (tertiary alicyclic amines) is 2. The molecule has 1 aromatic carbocycles. The summed E-state index contributed by atoms with van der Waals surface area (Å²) < 4.78 is 75.0. The summed E-state index contributed by atoms with van der Waals surface area (Å²) in [6.45, 7) is 17.6. The van der Waals surface area contributed by atoms with Gasteiger partial charge in [0.15, 0.2) is 0 Å². The zero-order valence-electron chi connectivity index (χ0n) is 36.1. The first-order chi connectivity index (χ1) is 26.9. The van der Waals surface area contributed by atoms with E-state index in [-0.39, 0.29) is 29.4 Å². The van der Waals surface area contributed by atoms with Gasteiger partial charge in [0.25, 0.3) is 0 Å². The number of ether oxygens (including phenoxy) is 1. The van der Waals surface area contributed by atoms with Crippen LogP contribution in [-0.2, 0) is 17.2 Å². The van der Waals surface area contributed by atoms with Crippen LogP contribution in [0.25, 0.3) is 0 Å². The van der Waals surface area contributed by atoms with Crippen LogP contribution in [-0.4, -0.2) is 101 Å². The van der Waals surface area contributed by atoms with E-state index in [0.717, 1.165) is 51.1 Å². The van der Waals surface area contributed by atoms with Crippen LogP contribution in [0.5, 0.6) is 5.75 Å². The molecule has 0 radical (unpaired) electrons. The third-order valence-corrected chi connectivity index (χ3v) is 14.5. The fraction of sp³-hybridized carbons (Fsp3) is 0.841. The maximum atomic E-state index is 12.7. The Morgan fingerprint density at radius 1 is 0.982 bits per heavy atom. The van der Waals surface area contributed by atoms with Crippen LogP contribution >= 0.6 is 0 Å². The van der Waals surface area contributed by atoms with E-state index in [1.165, 1.54) is 75.4 Å². The number of aliphatic hydroxyl groups is 1. The number of hydrogen-bond acceptors (Lipinski definition) is 6. The molecule has 2 saturated heterocycles. The Kier molecular flexibility index (Phi) is 19.7. The molecule has 57 heavy (non-hydrogen) atoms. The second-order valence-electron chi connectivity index (χ2n) is 17.3. The molecule has 330 valence electrons. The number of benzene rings is 1. The van der Waals surface area contributed by atoms with Gasteiger partial charge >= 0.3 is 18.2 Å². The minimum Gasteiger partial charge on any atom is -0.410 e. The first-order valence-corrected chi connectivity index (χ1v) is 23.6. The Morgan fingerprint density at radius 2 is 1.61 bits per heavy atom. The van der Waals surface area contributed by atoms with Crippen molar-refractivity contribution in [3.8, 4) is 5.75 Å². The minimum absolute atomic E-state index is 0.114. The van der Waals surface area contributed by atoms with Crippen LogP contribution in [0.4, 0.5) is 26.7 Å². The van der Waals surface area contributed by atoms with Crippen molar-refractivity contribution in [2.24, 2.45) is 23.2 Å². The molecule has 0 spiro atoms. The predicted octanol–water partition coefficient (Wildman–Crippen LogP) is 10.4. The lowest BCUT2D eigenvalue weighted by molar-refractivity contribution is -0.284. The zero-order chi connectivity index (χ0) is 42.6. The van der Waals surface area contributed by atoms with Gasteiger partial charge < -0.3 is 25.0 Å². The number of fused-ring (bicyclic) bond motifs is 5. The summed E-state index contributed by atoms with van der Waals surface area (Å²) in [4.78, 5) is 17.8. The Bertz CT molecular complexity index is 1380. The van der Waals surface area contributed by atoms with Crippen LogP contribution in [0.2, 0.25) is 0 Å². The van der Waals surface area contributed by atoms with Crippen molar-refractivity contribution in [3.63, 3.8) is 0 Å². The largest absolute Gasteiger partial charge is 0.453 e. The third kappa shape index (κ3) is 13.9. The van der Waals surface area contributed by atoms with Gasteiger partial charge in [-0.2, -0.15) is 22.0 Å². The monoisotopic (exact) mass is 836 g/mol. The van der Waals surface area contributed by atoms with Gasteiger partial charge in [-0.1, -0.05) is 60.5 Å². The number of piperidine rings is 2. The molecule has 6 atom stereocenters. The van der Waals surface area contributed by atoms with Crippen molar-refractivity contribution in [1.82, 2.24) is 15.1 Å². The minimum atomic E-state index is -5.50. The van der Waals surface area contributed by atoms with Gasteiger partial charge in [0.1, 0.15) is 5.75 Å². The Morgan fingerprint density at radius 3 is 2.18 bits per heavy atom. The molecule has 4 fully saturated rings. The number of carbonyl (C=O) groups is 1. The van der Waals surface area contributed by atoms with E-state index in [4.69, 9.17) is 4.74 Å². The number of alkyl halides is 5. The van der Waals surface area contributed by atoms with Crippen molar-refractivity contribution in [3.05, 3.63) is 29.3 Å². The number of nitrogens with zero attached hydrogens (tertiary/aromatic N) is 2. The summed E-state index contributed by atoms with van der Waals surface area (Å²) in [7, 11) is 0.885. The highest BCUT2D eigenvalue weighted by molar-refractivity contribution is 7.84. The number of nitrogens with one attached hydrogen (secondary N) is 1. The molecule has 4 unspecified atom stereocenters. The van der Waals surface area contributed by atoms with E-state index in [9.17, 15) is 36.1 Å². The highest BCUT2D eigenvalue weighted by Crippen LogP contribution is 2.61. The zero-order valence-corrected chi connectivity index (χ0v) is 36.9. The molecule has 2 N–H and O–H groups in total. The number of halogens is 5. The number of aryl methyl sites for hydroxylation is 1. The number of amides is 1. The SMILES string of the molecule is CC.CCC(C)CC.CN1CCC(N2CCC(NC(=O)Oc3ccc4c(c3)CCC3[C@@H]4CCC4(C)C(O)CC[C@@H]34)CC2)CC1.CS(=O)CCCC(F)(F)C(F)(F)F. The fourth-order valence-corrected chi connectivity index (χ4v) is 10.1. The molecule has 13 heteroatoms. The highest BCUT2D eigenvalue weighted by Gasteiger charge is 2.56. The maximum absolute atomic E-state index is 12.7. The second kappa shape index (κ2) is 22.7. The van der Waals surface area contributed by atoms with Crippen LogP contribution in [0.15, 0.2) is 18.2 Å².